The average Bonchev–Trinajstić information content (AvgIpc) is 2.69. The van der Waals surface area contributed by atoms with Gasteiger partial charge in [-0.1, -0.05) is 0 Å². The topological polar surface area (TPSA) is 67.6 Å². The number of amides is 1. The third-order valence-corrected chi connectivity index (χ3v) is 4.90. The molecule has 114 valence electrons. The lowest BCUT2D eigenvalue weighted by Crippen LogP contribution is -2.48. The maximum atomic E-state index is 12.5. The van der Waals surface area contributed by atoms with Crippen LogP contribution in [0.5, 0.6) is 5.75 Å². The molecule has 21 heavy (non-hydrogen) atoms. The SMILES string of the molecule is COc1cc(N)ccc1C(=O)NC1C[C@H]2CC[C@@H](C1)N2C. The Morgan fingerprint density at radius 1 is 1.33 bits per heavy atom. The summed E-state index contributed by atoms with van der Waals surface area (Å²) >= 11 is 0. The van der Waals surface area contributed by atoms with Crippen molar-refractivity contribution in [2.75, 3.05) is 19.9 Å². The molecule has 5 heteroatoms. The van der Waals surface area contributed by atoms with Gasteiger partial charge in [0.05, 0.1) is 12.7 Å². The molecule has 1 aromatic rings. The zero-order chi connectivity index (χ0) is 15.0. The van der Waals surface area contributed by atoms with E-state index in [0.29, 0.717) is 29.1 Å². The molecule has 2 heterocycles. The van der Waals surface area contributed by atoms with Gasteiger partial charge in [0, 0.05) is 29.9 Å². The van der Waals surface area contributed by atoms with Gasteiger partial charge in [-0.15, -0.1) is 0 Å². The molecule has 2 aliphatic heterocycles. The van der Waals surface area contributed by atoms with Crippen molar-refractivity contribution in [1.29, 1.82) is 0 Å². The number of nitrogens with one attached hydrogen (secondary N) is 1. The van der Waals surface area contributed by atoms with Gasteiger partial charge in [0.1, 0.15) is 5.75 Å². The van der Waals surface area contributed by atoms with Gasteiger partial charge < -0.3 is 20.7 Å². The fourth-order valence-electron chi connectivity index (χ4n) is 3.69. The van der Waals surface area contributed by atoms with E-state index in [4.69, 9.17) is 10.5 Å². The van der Waals surface area contributed by atoms with Gasteiger partial charge in [-0.3, -0.25) is 4.79 Å². The fourth-order valence-corrected chi connectivity index (χ4v) is 3.69. The summed E-state index contributed by atoms with van der Waals surface area (Å²) < 4.78 is 5.26. The largest absolute Gasteiger partial charge is 0.496 e. The minimum Gasteiger partial charge on any atom is -0.496 e. The third-order valence-electron chi connectivity index (χ3n) is 4.90. The van der Waals surface area contributed by atoms with E-state index in [1.54, 1.807) is 25.3 Å². The van der Waals surface area contributed by atoms with Crippen molar-refractivity contribution in [3.63, 3.8) is 0 Å². The molecule has 2 saturated heterocycles. The highest BCUT2D eigenvalue weighted by molar-refractivity contribution is 5.97. The minimum atomic E-state index is -0.0687. The van der Waals surface area contributed by atoms with Crippen molar-refractivity contribution in [2.24, 2.45) is 0 Å². The first-order chi connectivity index (χ1) is 10.1. The molecule has 1 aromatic carbocycles. The molecular weight excluding hydrogens is 266 g/mol. The summed E-state index contributed by atoms with van der Waals surface area (Å²) in [7, 11) is 3.75. The zero-order valence-corrected chi connectivity index (χ0v) is 12.6. The van der Waals surface area contributed by atoms with Crippen LogP contribution in [0.3, 0.4) is 0 Å². The quantitative estimate of drug-likeness (QED) is 0.830. The first-order valence-corrected chi connectivity index (χ1v) is 7.54. The van der Waals surface area contributed by atoms with Gasteiger partial charge in [0.2, 0.25) is 0 Å². The van der Waals surface area contributed by atoms with E-state index in [9.17, 15) is 4.79 Å². The number of benzene rings is 1. The van der Waals surface area contributed by atoms with Gasteiger partial charge in [-0.05, 0) is 44.9 Å². The first kappa shape index (κ1) is 14.2. The van der Waals surface area contributed by atoms with Crippen molar-refractivity contribution >= 4 is 11.6 Å². The van der Waals surface area contributed by atoms with Crippen molar-refractivity contribution in [1.82, 2.24) is 10.2 Å². The molecule has 1 unspecified atom stereocenters. The Balaban J connectivity index is 1.70. The van der Waals surface area contributed by atoms with E-state index in [1.807, 2.05) is 0 Å². The molecule has 5 nitrogen and oxygen atoms in total. The van der Waals surface area contributed by atoms with Crippen LogP contribution < -0.4 is 15.8 Å². The number of anilines is 1. The Hall–Kier alpha value is -1.75. The summed E-state index contributed by atoms with van der Waals surface area (Å²) in [5.74, 6) is 0.462. The Morgan fingerprint density at radius 2 is 2.00 bits per heavy atom. The van der Waals surface area contributed by atoms with Crippen LogP contribution in [-0.4, -0.2) is 43.1 Å². The monoisotopic (exact) mass is 289 g/mol. The smallest absolute Gasteiger partial charge is 0.255 e. The van der Waals surface area contributed by atoms with Gasteiger partial charge in [-0.2, -0.15) is 0 Å². The van der Waals surface area contributed by atoms with Gasteiger partial charge >= 0.3 is 0 Å². The molecule has 0 spiro atoms. The van der Waals surface area contributed by atoms with Crippen LogP contribution in [-0.2, 0) is 0 Å². The molecule has 2 fully saturated rings. The second-order valence-electron chi connectivity index (χ2n) is 6.15. The number of nitrogens with zero attached hydrogens (tertiary/aromatic N) is 1. The molecule has 0 saturated carbocycles. The molecule has 1 amide bonds. The third kappa shape index (κ3) is 2.70. The van der Waals surface area contributed by atoms with Crippen molar-refractivity contribution < 1.29 is 9.53 Å². The predicted molar refractivity (Wildman–Crippen MR) is 82.5 cm³/mol. The Morgan fingerprint density at radius 3 is 2.62 bits per heavy atom. The second-order valence-corrected chi connectivity index (χ2v) is 6.15. The van der Waals surface area contributed by atoms with E-state index in [2.05, 4.69) is 17.3 Å². The van der Waals surface area contributed by atoms with E-state index in [-0.39, 0.29) is 11.9 Å². The summed E-state index contributed by atoms with van der Waals surface area (Å²) in [6.45, 7) is 0. The van der Waals surface area contributed by atoms with E-state index in [1.165, 1.54) is 12.8 Å². The van der Waals surface area contributed by atoms with Crippen LogP contribution in [0.4, 0.5) is 5.69 Å². The van der Waals surface area contributed by atoms with Gasteiger partial charge in [-0.25, -0.2) is 0 Å². The molecular formula is C16H23N3O2. The van der Waals surface area contributed by atoms with Crippen LogP contribution in [0.1, 0.15) is 36.0 Å². The molecule has 3 rings (SSSR count). The minimum absolute atomic E-state index is 0.0687. The lowest BCUT2D eigenvalue weighted by atomic mass is 9.97. The number of nitrogen functional groups attached to an aromatic ring is 1. The summed E-state index contributed by atoms with van der Waals surface area (Å²) in [4.78, 5) is 14.9. The molecule has 0 radical (unpaired) electrons. The second kappa shape index (κ2) is 5.56. The van der Waals surface area contributed by atoms with E-state index < -0.39 is 0 Å². The van der Waals surface area contributed by atoms with Crippen LogP contribution in [0.15, 0.2) is 18.2 Å². The summed E-state index contributed by atoms with van der Waals surface area (Å²) in [6.07, 6.45) is 4.57. The number of methoxy groups -OCH3 is 1. The number of hydrogen-bond acceptors (Lipinski definition) is 4. The van der Waals surface area contributed by atoms with E-state index >= 15 is 0 Å². The van der Waals surface area contributed by atoms with Crippen LogP contribution in [0, 0.1) is 0 Å². The standard InChI is InChI=1S/C16H23N3O2/c1-19-12-4-5-13(19)9-11(8-12)18-16(20)14-6-3-10(17)7-15(14)21-2/h3,6-7,11-13H,4-5,8-9,17H2,1-2H3,(H,18,20)/t11?,12-,13+. The molecule has 2 bridgehead atoms. The summed E-state index contributed by atoms with van der Waals surface area (Å²) in [6, 6.07) is 6.63. The maximum absolute atomic E-state index is 12.5. The normalized spacial score (nSPS) is 28.4. The fraction of sp³-hybridized carbons (Fsp3) is 0.562. The highest BCUT2D eigenvalue weighted by Crippen LogP contribution is 2.34. The average molecular weight is 289 g/mol. The first-order valence-electron chi connectivity index (χ1n) is 7.54. The number of nitrogens with two attached hydrogens (primary N) is 1. The zero-order valence-electron chi connectivity index (χ0n) is 12.6. The molecule has 2 aliphatic rings. The number of carbonyl (C=O) groups excluding carboxylic acids is 1. The van der Waals surface area contributed by atoms with Crippen molar-refractivity contribution in [2.45, 2.75) is 43.8 Å². The highest BCUT2D eigenvalue weighted by atomic mass is 16.5. The van der Waals surface area contributed by atoms with Crippen LogP contribution in [0.25, 0.3) is 0 Å². The van der Waals surface area contributed by atoms with Gasteiger partial charge in [0.25, 0.3) is 5.91 Å². The van der Waals surface area contributed by atoms with Crippen LogP contribution >= 0.6 is 0 Å². The highest BCUT2D eigenvalue weighted by Gasteiger charge is 2.38. The number of fused-ring (bicyclic) bond motifs is 2. The van der Waals surface area contributed by atoms with E-state index in [0.717, 1.165) is 12.8 Å². The Kier molecular flexibility index (Phi) is 3.76. The number of carbonyl (C=O) groups is 1. The summed E-state index contributed by atoms with van der Waals surface area (Å²) in [5, 5.41) is 3.16. The maximum Gasteiger partial charge on any atom is 0.255 e. The van der Waals surface area contributed by atoms with Crippen molar-refractivity contribution in [3.8, 4) is 5.75 Å². The predicted octanol–water partition coefficient (Wildman–Crippen LogP) is 1.63. The Labute approximate surface area is 125 Å². The van der Waals surface area contributed by atoms with Crippen molar-refractivity contribution in [3.05, 3.63) is 23.8 Å². The van der Waals surface area contributed by atoms with Gasteiger partial charge in [0.15, 0.2) is 0 Å². The molecule has 3 atom stereocenters. The lowest BCUT2D eigenvalue weighted by Gasteiger charge is -2.36. The number of ether oxygens (including phenoxy) is 1. The molecule has 3 N–H and O–H groups in total. The number of hydrogen-bond donors (Lipinski definition) is 2. The molecule has 0 aromatic heterocycles. The number of rotatable bonds is 3. The van der Waals surface area contributed by atoms with Crippen LogP contribution in [0.2, 0.25) is 0 Å². The Bertz CT molecular complexity index is 532. The molecule has 0 aliphatic carbocycles. The lowest BCUT2D eigenvalue weighted by molar-refractivity contribution is 0.0879. The number of piperidine rings is 1. The summed E-state index contributed by atoms with van der Waals surface area (Å²) in [5.41, 5.74) is 6.88.